The van der Waals surface area contributed by atoms with Crippen LogP contribution in [0.3, 0.4) is 0 Å². The van der Waals surface area contributed by atoms with E-state index < -0.39 is 0 Å². The molecule has 0 saturated carbocycles. The lowest BCUT2D eigenvalue weighted by atomic mass is 10.3. The van der Waals surface area contributed by atoms with Gasteiger partial charge in [0.05, 0.1) is 12.2 Å². The maximum atomic E-state index is 11.2. The molecule has 0 atom stereocenters. The quantitative estimate of drug-likeness (QED) is 0.666. The van der Waals surface area contributed by atoms with Gasteiger partial charge in [-0.15, -0.1) is 0 Å². The van der Waals surface area contributed by atoms with Crippen molar-refractivity contribution in [1.29, 1.82) is 0 Å². The van der Waals surface area contributed by atoms with Gasteiger partial charge in [-0.1, -0.05) is 6.92 Å². The molecule has 0 unspecified atom stereocenters. The highest BCUT2D eigenvalue weighted by molar-refractivity contribution is 5.89. The van der Waals surface area contributed by atoms with Crippen LogP contribution in [0.25, 0.3) is 0 Å². The second-order valence-corrected chi connectivity index (χ2v) is 2.86. The normalized spacial score (nSPS) is 10.0. The van der Waals surface area contributed by atoms with E-state index >= 15 is 0 Å². The Bertz CT molecular complexity index is 278. The predicted octanol–water partition coefficient (Wildman–Crippen LogP) is 2.07. The number of aryl methyl sites for hydroxylation is 1. The summed E-state index contributed by atoms with van der Waals surface area (Å²) in [4.78, 5) is 11.2. The summed E-state index contributed by atoms with van der Waals surface area (Å²) in [5, 5.41) is 0. The van der Waals surface area contributed by atoms with E-state index in [0.717, 1.165) is 13.0 Å². The van der Waals surface area contributed by atoms with Crippen molar-refractivity contribution < 1.29 is 9.53 Å². The van der Waals surface area contributed by atoms with Gasteiger partial charge in [0.25, 0.3) is 0 Å². The smallest absolute Gasteiger partial charge is 0.339 e. The fourth-order valence-corrected chi connectivity index (χ4v) is 1.17. The van der Waals surface area contributed by atoms with Gasteiger partial charge in [0, 0.05) is 18.9 Å². The first-order valence-corrected chi connectivity index (χ1v) is 4.60. The Morgan fingerprint density at radius 2 is 2.31 bits per heavy atom. The lowest BCUT2D eigenvalue weighted by Crippen LogP contribution is -2.03. The van der Waals surface area contributed by atoms with E-state index in [2.05, 4.69) is 6.92 Å². The third-order valence-electron chi connectivity index (χ3n) is 1.74. The molecule has 72 valence electrons. The number of aromatic nitrogens is 1. The summed E-state index contributed by atoms with van der Waals surface area (Å²) >= 11 is 0. The van der Waals surface area contributed by atoms with Gasteiger partial charge in [-0.05, 0) is 19.4 Å². The molecule has 1 aromatic rings. The molecule has 3 heteroatoms. The van der Waals surface area contributed by atoms with Crippen molar-refractivity contribution in [3.05, 3.63) is 24.0 Å². The monoisotopic (exact) mass is 181 g/mol. The standard InChI is InChI=1S/C10H15NO2/c1-3-6-11-7-5-9(8-11)10(12)13-4-2/h5,7-8H,3-4,6H2,1-2H3. The SMILES string of the molecule is CCCn1ccc(C(=O)OCC)c1. The van der Waals surface area contributed by atoms with Crippen LogP contribution >= 0.6 is 0 Å². The summed E-state index contributed by atoms with van der Waals surface area (Å²) in [6, 6.07) is 1.79. The van der Waals surface area contributed by atoms with E-state index in [1.165, 1.54) is 0 Å². The van der Waals surface area contributed by atoms with E-state index in [9.17, 15) is 4.79 Å². The van der Waals surface area contributed by atoms with E-state index in [1.807, 2.05) is 17.0 Å². The molecule has 1 rings (SSSR count). The van der Waals surface area contributed by atoms with Gasteiger partial charge in [-0.2, -0.15) is 0 Å². The number of hydrogen-bond acceptors (Lipinski definition) is 2. The van der Waals surface area contributed by atoms with Crippen LogP contribution in [-0.4, -0.2) is 17.1 Å². The molecule has 0 aromatic carbocycles. The number of hydrogen-bond donors (Lipinski definition) is 0. The van der Waals surface area contributed by atoms with Crippen LogP contribution in [0.1, 0.15) is 30.6 Å². The first kappa shape index (κ1) is 9.84. The number of esters is 1. The molecule has 0 saturated heterocycles. The Labute approximate surface area is 78.3 Å². The van der Waals surface area contributed by atoms with Gasteiger partial charge in [0.2, 0.25) is 0 Å². The molecular formula is C10H15NO2. The molecule has 0 aliphatic rings. The maximum absolute atomic E-state index is 11.2. The van der Waals surface area contributed by atoms with Crippen LogP contribution in [0.5, 0.6) is 0 Å². The number of nitrogens with zero attached hydrogens (tertiary/aromatic N) is 1. The molecule has 0 amide bonds. The van der Waals surface area contributed by atoms with Crippen LogP contribution < -0.4 is 0 Å². The fourth-order valence-electron chi connectivity index (χ4n) is 1.17. The van der Waals surface area contributed by atoms with Gasteiger partial charge < -0.3 is 9.30 Å². The first-order chi connectivity index (χ1) is 6.27. The highest BCUT2D eigenvalue weighted by atomic mass is 16.5. The predicted molar refractivity (Wildman–Crippen MR) is 50.7 cm³/mol. The summed E-state index contributed by atoms with van der Waals surface area (Å²) in [5.74, 6) is -0.239. The highest BCUT2D eigenvalue weighted by Gasteiger charge is 2.06. The van der Waals surface area contributed by atoms with Crippen molar-refractivity contribution >= 4 is 5.97 Å². The Hall–Kier alpha value is -1.25. The maximum Gasteiger partial charge on any atom is 0.339 e. The Balaban J connectivity index is 2.62. The van der Waals surface area contributed by atoms with Gasteiger partial charge in [0.15, 0.2) is 0 Å². The lowest BCUT2D eigenvalue weighted by Gasteiger charge is -1.98. The molecule has 0 radical (unpaired) electrons. The molecule has 0 aliphatic carbocycles. The molecule has 0 aliphatic heterocycles. The van der Waals surface area contributed by atoms with E-state index in [0.29, 0.717) is 12.2 Å². The van der Waals surface area contributed by atoms with Crippen molar-refractivity contribution in [3.8, 4) is 0 Å². The second kappa shape index (κ2) is 4.70. The number of carbonyl (C=O) groups is 1. The van der Waals surface area contributed by atoms with E-state index in [1.54, 1.807) is 13.0 Å². The minimum absolute atomic E-state index is 0.239. The van der Waals surface area contributed by atoms with Crippen LogP contribution in [0.2, 0.25) is 0 Å². The summed E-state index contributed by atoms with van der Waals surface area (Å²) in [6.07, 6.45) is 4.79. The molecule has 1 heterocycles. The van der Waals surface area contributed by atoms with Crippen molar-refractivity contribution in [2.45, 2.75) is 26.8 Å². The average molecular weight is 181 g/mol. The Kier molecular flexibility index (Phi) is 3.55. The first-order valence-electron chi connectivity index (χ1n) is 4.60. The van der Waals surface area contributed by atoms with Gasteiger partial charge in [0.1, 0.15) is 0 Å². The minimum atomic E-state index is -0.239. The molecule has 1 aromatic heterocycles. The summed E-state index contributed by atoms with van der Waals surface area (Å²) in [5.41, 5.74) is 0.635. The van der Waals surface area contributed by atoms with Crippen LogP contribution in [0, 0.1) is 0 Å². The minimum Gasteiger partial charge on any atom is -0.462 e. The zero-order valence-electron chi connectivity index (χ0n) is 8.12. The average Bonchev–Trinajstić information content (AvgIpc) is 2.54. The molecular weight excluding hydrogens is 166 g/mol. The van der Waals surface area contributed by atoms with Crippen LogP contribution in [0.4, 0.5) is 0 Å². The van der Waals surface area contributed by atoms with Gasteiger partial charge in [-0.25, -0.2) is 4.79 Å². The highest BCUT2D eigenvalue weighted by Crippen LogP contribution is 2.04. The van der Waals surface area contributed by atoms with Crippen molar-refractivity contribution in [2.75, 3.05) is 6.61 Å². The fraction of sp³-hybridized carbons (Fsp3) is 0.500. The molecule has 0 N–H and O–H groups in total. The van der Waals surface area contributed by atoms with Crippen LogP contribution in [-0.2, 0) is 11.3 Å². The number of carbonyl (C=O) groups excluding carboxylic acids is 1. The van der Waals surface area contributed by atoms with Crippen molar-refractivity contribution in [2.24, 2.45) is 0 Å². The van der Waals surface area contributed by atoms with Gasteiger partial charge >= 0.3 is 5.97 Å². The van der Waals surface area contributed by atoms with Gasteiger partial charge in [-0.3, -0.25) is 0 Å². The molecule has 0 fully saturated rings. The second-order valence-electron chi connectivity index (χ2n) is 2.86. The van der Waals surface area contributed by atoms with E-state index in [-0.39, 0.29) is 5.97 Å². The van der Waals surface area contributed by atoms with Crippen LogP contribution in [0.15, 0.2) is 18.5 Å². The van der Waals surface area contributed by atoms with Crippen molar-refractivity contribution in [3.63, 3.8) is 0 Å². The van der Waals surface area contributed by atoms with E-state index in [4.69, 9.17) is 4.74 Å². The zero-order valence-corrected chi connectivity index (χ0v) is 8.12. The third-order valence-corrected chi connectivity index (χ3v) is 1.74. The largest absolute Gasteiger partial charge is 0.462 e. The Morgan fingerprint density at radius 1 is 1.54 bits per heavy atom. The Morgan fingerprint density at radius 3 is 2.92 bits per heavy atom. The van der Waals surface area contributed by atoms with Crippen molar-refractivity contribution in [1.82, 2.24) is 4.57 Å². The molecule has 0 bridgehead atoms. The number of ether oxygens (including phenoxy) is 1. The topological polar surface area (TPSA) is 31.2 Å². The number of rotatable bonds is 4. The molecule has 0 spiro atoms. The third kappa shape index (κ3) is 2.61. The zero-order chi connectivity index (χ0) is 9.68. The summed E-state index contributed by atoms with van der Waals surface area (Å²) in [7, 11) is 0. The summed E-state index contributed by atoms with van der Waals surface area (Å²) < 4.78 is 6.86. The lowest BCUT2D eigenvalue weighted by molar-refractivity contribution is 0.0526. The molecule has 13 heavy (non-hydrogen) atoms. The molecule has 3 nitrogen and oxygen atoms in total. The summed E-state index contributed by atoms with van der Waals surface area (Å²) in [6.45, 7) is 5.28.